The highest BCUT2D eigenvalue weighted by atomic mass is 32.1. The van der Waals surface area contributed by atoms with Crippen LogP contribution in [0.25, 0.3) is 0 Å². The Bertz CT molecular complexity index is 285. The van der Waals surface area contributed by atoms with E-state index in [1.165, 1.54) is 11.5 Å². The number of nitrogens with one attached hydrogen (secondary N) is 2. The molecule has 2 heterocycles. The van der Waals surface area contributed by atoms with Gasteiger partial charge in [-0.2, -0.15) is 4.37 Å². The van der Waals surface area contributed by atoms with Crippen molar-refractivity contribution in [3.63, 3.8) is 0 Å². The molecule has 1 aromatic heterocycles. The monoisotopic (exact) mass is 214 g/mol. The van der Waals surface area contributed by atoms with Gasteiger partial charge in [-0.1, -0.05) is 0 Å². The highest BCUT2D eigenvalue weighted by molar-refractivity contribution is 7.09. The van der Waals surface area contributed by atoms with E-state index in [0.717, 1.165) is 37.2 Å². The van der Waals surface area contributed by atoms with Gasteiger partial charge in [0, 0.05) is 31.2 Å². The zero-order valence-electron chi connectivity index (χ0n) is 8.12. The fourth-order valence-corrected chi connectivity index (χ4v) is 1.90. The molecule has 2 N–H and O–H groups in total. The zero-order valence-corrected chi connectivity index (χ0v) is 8.93. The van der Waals surface area contributed by atoms with E-state index in [-0.39, 0.29) is 6.10 Å². The summed E-state index contributed by atoms with van der Waals surface area (Å²) in [6.45, 7) is 5.34. The molecular formula is C8H14N4OS. The lowest BCUT2D eigenvalue weighted by Gasteiger charge is -2.23. The Morgan fingerprint density at radius 2 is 2.64 bits per heavy atom. The highest BCUT2D eigenvalue weighted by Gasteiger charge is 2.13. The fraction of sp³-hybridized carbons (Fsp3) is 0.750. The highest BCUT2D eigenvalue weighted by Crippen LogP contribution is 2.10. The van der Waals surface area contributed by atoms with Crippen LogP contribution in [0.1, 0.15) is 5.82 Å². The van der Waals surface area contributed by atoms with Crippen molar-refractivity contribution in [2.45, 2.75) is 13.0 Å². The number of aromatic nitrogens is 2. The molecule has 1 aromatic rings. The lowest BCUT2D eigenvalue weighted by molar-refractivity contribution is 0.0372. The number of hydrogen-bond donors (Lipinski definition) is 2. The molecule has 0 radical (unpaired) electrons. The molecule has 1 aliphatic rings. The van der Waals surface area contributed by atoms with Crippen molar-refractivity contribution in [2.24, 2.45) is 0 Å². The van der Waals surface area contributed by atoms with Gasteiger partial charge in [0.25, 0.3) is 0 Å². The molecule has 1 unspecified atom stereocenters. The van der Waals surface area contributed by atoms with E-state index in [1.807, 2.05) is 6.92 Å². The smallest absolute Gasteiger partial charge is 0.202 e. The van der Waals surface area contributed by atoms with E-state index in [2.05, 4.69) is 20.0 Å². The van der Waals surface area contributed by atoms with Gasteiger partial charge in [0.05, 0.1) is 12.7 Å². The molecule has 6 heteroatoms. The van der Waals surface area contributed by atoms with Crippen molar-refractivity contribution < 1.29 is 4.74 Å². The SMILES string of the molecule is Cc1nsc(NCC2CNCCO2)n1. The number of anilines is 1. The van der Waals surface area contributed by atoms with Gasteiger partial charge >= 0.3 is 0 Å². The molecule has 0 saturated carbocycles. The lowest BCUT2D eigenvalue weighted by atomic mass is 10.3. The van der Waals surface area contributed by atoms with Crippen LogP contribution < -0.4 is 10.6 Å². The van der Waals surface area contributed by atoms with Crippen LogP contribution in [0.3, 0.4) is 0 Å². The standard InChI is InChI=1S/C8H14N4OS/c1-6-11-8(14-12-6)10-5-7-4-9-2-3-13-7/h7,9H,2-5H2,1H3,(H,10,11,12). The Kier molecular flexibility index (Phi) is 3.28. The second-order valence-electron chi connectivity index (χ2n) is 3.22. The first-order chi connectivity index (χ1) is 6.84. The van der Waals surface area contributed by atoms with Gasteiger partial charge in [-0.3, -0.25) is 0 Å². The number of morpholine rings is 1. The van der Waals surface area contributed by atoms with E-state index in [0.29, 0.717) is 0 Å². The molecule has 14 heavy (non-hydrogen) atoms. The molecule has 1 saturated heterocycles. The van der Waals surface area contributed by atoms with E-state index in [9.17, 15) is 0 Å². The lowest BCUT2D eigenvalue weighted by Crippen LogP contribution is -2.42. The van der Waals surface area contributed by atoms with Crippen molar-refractivity contribution >= 4 is 16.7 Å². The van der Waals surface area contributed by atoms with Crippen molar-refractivity contribution in [1.82, 2.24) is 14.7 Å². The summed E-state index contributed by atoms with van der Waals surface area (Å²) in [4.78, 5) is 4.22. The molecule has 5 nitrogen and oxygen atoms in total. The summed E-state index contributed by atoms with van der Waals surface area (Å²) in [7, 11) is 0. The topological polar surface area (TPSA) is 59.1 Å². The molecule has 78 valence electrons. The van der Waals surface area contributed by atoms with Gasteiger partial charge in [-0.05, 0) is 6.92 Å². The summed E-state index contributed by atoms with van der Waals surface area (Å²) in [6.07, 6.45) is 0.243. The number of hydrogen-bond acceptors (Lipinski definition) is 6. The van der Waals surface area contributed by atoms with Crippen LogP contribution in [0.5, 0.6) is 0 Å². The number of ether oxygens (including phenoxy) is 1. The van der Waals surface area contributed by atoms with Crippen molar-refractivity contribution in [3.8, 4) is 0 Å². The summed E-state index contributed by atoms with van der Waals surface area (Å²) in [5.74, 6) is 0.820. The summed E-state index contributed by atoms with van der Waals surface area (Å²) in [5, 5.41) is 7.37. The third-order valence-electron chi connectivity index (χ3n) is 2.01. The van der Waals surface area contributed by atoms with Crippen molar-refractivity contribution in [2.75, 3.05) is 31.6 Å². The third-order valence-corrected chi connectivity index (χ3v) is 2.78. The predicted octanol–water partition coefficient (Wildman–Crippen LogP) is 0.247. The van der Waals surface area contributed by atoms with Crippen molar-refractivity contribution in [1.29, 1.82) is 0 Å². The average Bonchev–Trinajstić information content (AvgIpc) is 2.63. The van der Waals surface area contributed by atoms with Crippen molar-refractivity contribution in [3.05, 3.63) is 5.82 Å². The van der Waals surface area contributed by atoms with Gasteiger partial charge in [0.1, 0.15) is 5.82 Å². The Balaban J connectivity index is 1.76. The third kappa shape index (κ3) is 2.63. The molecule has 0 aromatic carbocycles. The largest absolute Gasteiger partial charge is 0.374 e. The molecule has 1 aliphatic heterocycles. The first-order valence-corrected chi connectivity index (χ1v) is 5.48. The Morgan fingerprint density at radius 3 is 3.29 bits per heavy atom. The van der Waals surface area contributed by atoms with Gasteiger partial charge in [-0.15, -0.1) is 0 Å². The molecule has 1 atom stereocenters. The normalized spacial score (nSPS) is 22.2. The number of rotatable bonds is 3. The van der Waals surface area contributed by atoms with Crippen LogP contribution >= 0.6 is 11.5 Å². The van der Waals surface area contributed by atoms with Crippen LogP contribution in [0.15, 0.2) is 0 Å². The van der Waals surface area contributed by atoms with Crippen LogP contribution in [0, 0.1) is 6.92 Å². The minimum atomic E-state index is 0.243. The van der Waals surface area contributed by atoms with Crippen LogP contribution in [-0.4, -0.2) is 41.7 Å². The molecule has 0 bridgehead atoms. The Hall–Kier alpha value is -0.720. The summed E-state index contributed by atoms with van der Waals surface area (Å²) in [6, 6.07) is 0. The molecule has 0 spiro atoms. The maximum atomic E-state index is 5.54. The molecule has 2 rings (SSSR count). The predicted molar refractivity (Wildman–Crippen MR) is 55.7 cm³/mol. The van der Waals surface area contributed by atoms with E-state index >= 15 is 0 Å². The van der Waals surface area contributed by atoms with E-state index < -0.39 is 0 Å². The second-order valence-corrected chi connectivity index (χ2v) is 3.98. The molecule has 0 aliphatic carbocycles. The van der Waals surface area contributed by atoms with E-state index in [4.69, 9.17) is 4.74 Å². The van der Waals surface area contributed by atoms with Crippen LogP contribution in [-0.2, 0) is 4.74 Å². The number of aryl methyl sites for hydroxylation is 1. The molecule has 0 amide bonds. The molecular weight excluding hydrogens is 200 g/mol. The zero-order chi connectivity index (χ0) is 9.80. The van der Waals surface area contributed by atoms with Gasteiger partial charge in [-0.25, -0.2) is 4.98 Å². The number of nitrogens with zero attached hydrogens (tertiary/aromatic N) is 2. The Morgan fingerprint density at radius 1 is 1.71 bits per heavy atom. The van der Waals surface area contributed by atoms with Gasteiger partial charge in [0.2, 0.25) is 5.13 Å². The maximum Gasteiger partial charge on any atom is 0.202 e. The quantitative estimate of drug-likeness (QED) is 0.755. The summed E-state index contributed by atoms with van der Waals surface area (Å²) < 4.78 is 9.63. The molecule has 1 fully saturated rings. The van der Waals surface area contributed by atoms with Crippen LogP contribution in [0.4, 0.5) is 5.13 Å². The average molecular weight is 214 g/mol. The van der Waals surface area contributed by atoms with Gasteiger partial charge < -0.3 is 15.4 Å². The van der Waals surface area contributed by atoms with Gasteiger partial charge in [0.15, 0.2) is 0 Å². The first kappa shape index (κ1) is 9.82. The minimum absolute atomic E-state index is 0.243. The summed E-state index contributed by atoms with van der Waals surface area (Å²) in [5.41, 5.74) is 0. The van der Waals surface area contributed by atoms with Crippen LogP contribution in [0.2, 0.25) is 0 Å². The Labute approximate surface area is 87.0 Å². The summed E-state index contributed by atoms with van der Waals surface area (Å²) >= 11 is 1.39. The fourth-order valence-electron chi connectivity index (χ4n) is 1.32. The second kappa shape index (κ2) is 4.68. The first-order valence-electron chi connectivity index (χ1n) is 4.71. The minimum Gasteiger partial charge on any atom is -0.374 e. The maximum absolute atomic E-state index is 5.54. The van der Waals surface area contributed by atoms with E-state index in [1.54, 1.807) is 0 Å².